The second-order valence-electron chi connectivity index (χ2n) is 8.58. The maximum Gasteiger partial charge on any atom is 0.302 e. The summed E-state index contributed by atoms with van der Waals surface area (Å²) in [4.78, 5) is 11.2. The minimum Gasteiger partial charge on any atom is -0.461 e. The molecule has 1 fully saturated rings. The van der Waals surface area contributed by atoms with Crippen LogP contribution in [0.25, 0.3) is 0 Å². The monoisotopic (exact) mass is 398 g/mol. The van der Waals surface area contributed by atoms with Gasteiger partial charge in [-0.1, -0.05) is 17.7 Å². The van der Waals surface area contributed by atoms with Gasteiger partial charge in [0.1, 0.15) is 6.61 Å². The van der Waals surface area contributed by atoms with Crippen LogP contribution in [0.4, 0.5) is 0 Å². The fraction of sp³-hybridized carbons (Fsp3) is 0.773. The molecule has 1 heterocycles. The largest absolute Gasteiger partial charge is 0.461 e. The predicted octanol–water partition coefficient (Wildman–Crippen LogP) is 3.04. The van der Waals surface area contributed by atoms with E-state index < -0.39 is 17.3 Å². The Morgan fingerprint density at radius 2 is 2.00 bits per heavy atom. The van der Waals surface area contributed by atoms with Crippen molar-refractivity contribution in [2.75, 3.05) is 13.2 Å². The van der Waals surface area contributed by atoms with Gasteiger partial charge in [0.25, 0.3) is 0 Å². The highest BCUT2D eigenvalue weighted by atomic mass is 16.5. The lowest BCUT2D eigenvalue weighted by atomic mass is 9.90. The summed E-state index contributed by atoms with van der Waals surface area (Å²) in [7, 11) is 0. The van der Waals surface area contributed by atoms with E-state index in [1.54, 1.807) is 19.9 Å². The molecule has 3 atom stereocenters. The van der Waals surface area contributed by atoms with Crippen molar-refractivity contribution in [3.8, 4) is 0 Å². The number of carbonyl (C=O) groups is 1. The number of allylic oxidation sites excluding steroid dienone is 2. The zero-order chi connectivity index (χ0) is 21.4. The lowest BCUT2D eigenvalue weighted by Crippen LogP contribution is -2.43. The number of hydrogen-bond donors (Lipinski definition) is 3. The third-order valence-electron chi connectivity index (χ3n) is 5.42. The van der Waals surface area contributed by atoms with Gasteiger partial charge in [-0.05, 0) is 71.8 Å². The molecule has 28 heavy (non-hydrogen) atoms. The summed E-state index contributed by atoms with van der Waals surface area (Å²) >= 11 is 0. The Balaban J connectivity index is 2.65. The summed E-state index contributed by atoms with van der Waals surface area (Å²) in [6.45, 7) is 8.94. The Morgan fingerprint density at radius 3 is 2.54 bits per heavy atom. The molecule has 0 bridgehead atoms. The van der Waals surface area contributed by atoms with E-state index in [4.69, 9.17) is 14.6 Å². The van der Waals surface area contributed by atoms with E-state index in [2.05, 4.69) is 0 Å². The molecule has 0 radical (unpaired) electrons. The zero-order valence-corrected chi connectivity index (χ0v) is 18.0. The van der Waals surface area contributed by atoms with Crippen LogP contribution in [0.1, 0.15) is 73.1 Å². The van der Waals surface area contributed by atoms with Crippen molar-refractivity contribution in [2.45, 2.75) is 96.6 Å². The fourth-order valence-electron chi connectivity index (χ4n) is 3.42. The number of esters is 1. The van der Waals surface area contributed by atoms with Gasteiger partial charge in [0.05, 0.1) is 30.0 Å². The summed E-state index contributed by atoms with van der Waals surface area (Å²) < 4.78 is 11.2. The second-order valence-corrected chi connectivity index (χ2v) is 8.58. The van der Waals surface area contributed by atoms with Gasteiger partial charge in [-0.15, -0.1) is 0 Å². The molecule has 0 unspecified atom stereocenters. The van der Waals surface area contributed by atoms with Gasteiger partial charge in [-0.3, -0.25) is 4.79 Å². The van der Waals surface area contributed by atoms with Crippen LogP contribution in [0, 0.1) is 0 Å². The molecule has 6 nitrogen and oxygen atoms in total. The first-order valence-corrected chi connectivity index (χ1v) is 10.1. The molecule has 0 amide bonds. The second kappa shape index (κ2) is 11.1. The van der Waals surface area contributed by atoms with Gasteiger partial charge < -0.3 is 24.8 Å². The van der Waals surface area contributed by atoms with Crippen LogP contribution in [0.5, 0.6) is 0 Å². The maximum atomic E-state index is 11.2. The number of hydrogen-bond acceptors (Lipinski definition) is 6. The summed E-state index contributed by atoms with van der Waals surface area (Å²) in [5, 5.41) is 29.8. The average Bonchev–Trinajstić information content (AvgIpc) is 3.00. The van der Waals surface area contributed by atoms with E-state index in [1.807, 2.05) is 19.9 Å². The topological polar surface area (TPSA) is 96.2 Å². The Hall–Kier alpha value is -1.21. The molecule has 1 aliphatic heterocycles. The van der Waals surface area contributed by atoms with Crippen molar-refractivity contribution in [3.05, 3.63) is 23.3 Å². The van der Waals surface area contributed by atoms with Crippen LogP contribution >= 0.6 is 0 Å². The quantitative estimate of drug-likeness (QED) is 0.366. The Kier molecular flexibility index (Phi) is 9.84. The SMILES string of the molecule is CC(=O)OC/C(=C\CC/C(C)=C\CO)CC[C@H](O)[C@@]1(C)CC[C@@H](C(C)(C)O)O1. The molecular formula is C22H38O6. The summed E-state index contributed by atoms with van der Waals surface area (Å²) in [6, 6.07) is 0. The van der Waals surface area contributed by atoms with Crippen LogP contribution in [0.2, 0.25) is 0 Å². The molecule has 0 aromatic carbocycles. The van der Waals surface area contributed by atoms with Crippen molar-refractivity contribution in [3.63, 3.8) is 0 Å². The highest BCUT2D eigenvalue weighted by molar-refractivity contribution is 5.66. The predicted molar refractivity (Wildman–Crippen MR) is 109 cm³/mol. The highest BCUT2D eigenvalue weighted by Gasteiger charge is 2.46. The Labute approximate surface area is 169 Å². The average molecular weight is 399 g/mol. The summed E-state index contributed by atoms with van der Waals surface area (Å²) in [6.07, 6.45) is 6.96. The molecule has 0 aliphatic carbocycles. The van der Waals surface area contributed by atoms with Crippen molar-refractivity contribution in [2.24, 2.45) is 0 Å². The number of carbonyl (C=O) groups excluding carboxylic acids is 1. The van der Waals surface area contributed by atoms with Crippen molar-refractivity contribution in [1.29, 1.82) is 0 Å². The minimum atomic E-state index is -0.933. The molecule has 0 aromatic rings. The normalized spacial score (nSPS) is 25.1. The van der Waals surface area contributed by atoms with E-state index in [0.717, 1.165) is 24.0 Å². The van der Waals surface area contributed by atoms with Crippen molar-refractivity contribution >= 4 is 5.97 Å². The van der Waals surface area contributed by atoms with Gasteiger partial charge >= 0.3 is 5.97 Å². The lowest BCUT2D eigenvalue weighted by molar-refractivity contribution is -0.154. The van der Waals surface area contributed by atoms with Gasteiger partial charge in [-0.2, -0.15) is 0 Å². The molecule has 0 saturated carbocycles. The van der Waals surface area contributed by atoms with Gasteiger partial charge in [0, 0.05) is 6.92 Å². The summed E-state index contributed by atoms with van der Waals surface area (Å²) in [5.74, 6) is -0.332. The molecule has 1 rings (SSSR count). The molecule has 6 heteroatoms. The van der Waals surface area contributed by atoms with Crippen molar-refractivity contribution in [1.82, 2.24) is 0 Å². The van der Waals surface area contributed by atoms with Gasteiger partial charge in [-0.25, -0.2) is 0 Å². The number of aliphatic hydroxyl groups excluding tert-OH is 2. The van der Waals surface area contributed by atoms with Crippen LogP contribution < -0.4 is 0 Å². The standard InChI is InChI=1S/C22H38O6/c1-16(12-14-23)7-6-8-18(15-27-17(2)24)9-10-19(25)22(5)13-11-20(28-22)21(3,4)26/h8,12,19-20,23,25-26H,6-7,9-11,13-15H2,1-5H3/b16-12-,18-8-/t19-,20-,22+/m0/s1. The third kappa shape index (κ3) is 8.43. The first-order valence-electron chi connectivity index (χ1n) is 10.1. The fourth-order valence-corrected chi connectivity index (χ4v) is 3.42. The smallest absolute Gasteiger partial charge is 0.302 e. The van der Waals surface area contributed by atoms with Crippen LogP contribution in [0.15, 0.2) is 23.3 Å². The Morgan fingerprint density at radius 1 is 1.32 bits per heavy atom. The molecule has 3 N–H and O–H groups in total. The van der Waals surface area contributed by atoms with E-state index >= 15 is 0 Å². The first-order chi connectivity index (χ1) is 13.0. The third-order valence-corrected chi connectivity index (χ3v) is 5.42. The first kappa shape index (κ1) is 24.8. The van der Waals surface area contributed by atoms with Crippen LogP contribution in [0.3, 0.4) is 0 Å². The molecular weight excluding hydrogens is 360 g/mol. The number of ether oxygens (including phenoxy) is 2. The van der Waals surface area contributed by atoms with Crippen molar-refractivity contribution < 1.29 is 29.6 Å². The van der Waals surface area contributed by atoms with Gasteiger partial charge in [0.2, 0.25) is 0 Å². The highest BCUT2D eigenvalue weighted by Crippen LogP contribution is 2.38. The zero-order valence-electron chi connectivity index (χ0n) is 18.0. The lowest BCUT2D eigenvalue weighted by Gasteiger charge is -2.33. The molecule has 1 saturated heterocycles. The van der Waals surface area contributed by atoms with E-state index in [-0.39, 0.29) is 25.3 Å². The molecule has 1 aliphatic rings. The van der Waals surface area contributed by atoms with E-state index in [0.29, 0.717) is 25.7 Å². The van der Waals surface area contributed by atoms with Gasteiger partial charge in [0.15, 0.2) is 0 Å². The van der Waals surface area contributed by atoms with E-state index in [9.17, 15) is 15.0 Å². The molecule has 0 aromatic heterocycles. The number of aliphatic hydroxyl groups is 3. The molecule has 162 valence electrons. The van der Waals surface area contributed by atoms with E-state index in [1.165, 1.54) is 6.92 Å². The summed E-state index contributed by atoms with van der Waals surface area (Å²) in [5.41, 5.74) is 0.456. The minimum absolute atomic E-state index is 0.0340. The number of rotatable bonds is 11. The van der Waals surface area contributed by atoms with Crippen LogP contribution in [-0.2, 0) is 14.3 Å². The van der Waals surface area contributed by atoms with Crippen LogP contribution in [-0.4, -0.2) is 57.9 Å². The Bertz CT molecular complexity index is 560. The maximum absolute atomic E-state index is 11.2. The molecule has 0 spiro atoms.